The zero-order valence-corrected chi connectivity index (χ0v) is 24.1. The Labute approximate surface area is 239 Å². The number of hydrogen-bond acceptors (Lipinski definition) is 7. The van der Waals surface area contributed by atoms with Gasteiger partial charge in [0.15, 0.2) is 5.13 Å². The van der Waals surface area contributed by atoms with Crippen LogP contribution in [0.5, 0.6) is 0 Å². The minimum Gasteiger partial charge on any atom is -0.351 e. The number of aromatic nitrogens is 1. The Morgan fingerprint density at radius 2 is 1.69 bits per heavy atom. The first-order valence-electron chi connectivity index (χ1n) is 12.7. The van der Waals surface area contributed by atoms with Crippen molar-refractivity contribution in [1.29, 1.82) is 0 Å². The van der Waals surface area contributed by atoms with Crippen molar-refractivity contribution in [3.05, 3.63) is 83.9 Å². The van der Waals surface area contributed by atoms with Gasteiger partial charge >= 0.3 is 0 Å². The number of amides is 1. The highest BCUT2D eigenvalue weighted by atomic mass is 35.5. The fourth-order valence-electron chi connectivity index (χ4n) is 4.41. The molecule has 3 aromatic carbocycles. The monoisotopic (exact) mass is 585 g/mol. The zero-order chi connectivity index (χ0) is 26.5. The van der Waals surface area contributed by atoms with E-state index in [0.717, 1.165) is 49.8 Å². The van der Waals surface area contributed by atoms with Crippen molar-refractivity contribution in [2.45, 2.75) is 18.2 Å². The Hall–Kier alpha value is -3.18. The summed E-state index contributed by atoms with van der Waals surface area (Å²) in [5.74, 6) is -0.179. The summed E-state index contributed by atoms with van der Waals surface area (Å²) in [6.07, 6.45) is 1.03. The van der Waals surface area contributed by atoms with E-state index in [-0.39, 0.29) is 23.2 Å². The van der Waals surface area contributed by atoms with Gasteiger partial charge in [-0.15, -0.1) is 12.4 Å². The number of sulfonamides is 1. The maximum Gasteiger partial charge on any atom is 0.261 e. The van der Waals surface area contributed by atoms with Crippen molar-refractivity contribution in [3.8, 4) is 0 Å². The van der Waals surface area contributed by atoms with Gasteiger partial charge in [0.25, 0.3) is 15.9 Å². The number of halogens is 1. The van der Waals surface area contributed by atoms with Crippen molar-refractivity contribution < 1.29 is 13.2 Å². The SMILES string of the molecule is CCc1ccc2nc(N3CCN(CCNC(=O)c4ccc(NS(=O)(=O)c5ccccc5)cc4)CC3)sc2c1.Cl. The van der Waals surface area contributed by atoms with Gasteiger partial charge < -0.3 is 10.2 Å². The second kappa shape index (κ2) is 12.8. The Balaban J connectivity index is 0.00000353. The molecule has 0 atom stereocenters. The van der Waals surface area contributed by atoms with Crippen LogP contribution in [0.1, 0.15) is 22.8 Å². The molecule has 1 saturated heterocycles. The Kier molecular flexibility index (Phi) is 9.45. The minimum absolute atomic E-state index is 0. The van der Waals surface area contributed by atoms with Crippen molar-refractivity contribution in [2.75, 3.05) is 48.9 Å². The lowest BCUT2D eigenvalue weighted by atomic mass is 10.2. The third kappa shape index (κ3) is 7.07. The van der Waals surface area contributed by atoms with E-state index in [1.165, 1.54) is 22.4 Å². The van der Waals surface area contributed by atoms with Gasteiger partial charge in [0.2, 0.25) is 0 Å². The Morgan fingerprint density at radius 1 is 0.974 bits per heavy atom. The molecule has 11 heteroatoms. The van der Waals surface area contributed by atoms with Crippen LogP contribution in [-0.2, 0) is 16.4 Å². The summed E-state index contributed by atoms with van der Waals surface area (Å²) in [7, 11) is -3.67. The molecule has 1 fully saturated rings. The molecule has 1 aliphatic rings. The third-order valence-electron chi connectivity index (χ3n) is 6.66. The number of carbonyl (C=O) groups is 1. The summed E-state index contributed by atoms with van der Waals surface area (Å²) in [6, 6.07) is 21.1. The average molecular weight is 586 g/mol. The normalized spacial score (nSPS) is 14.1. The van der Waals surface area contributed by atoms with E-state index in [0.29, 0.717) is 17.8 Å². The van der Waals surface area contributed by atoms with E-state index in [9.17, 15) is 13.2 Å². The molecule has 8 nitrogen and oxygen atoms in total. The molecule has 0 aliphatic carbocycles. The Morgan fingerprint density at radius 3 is 2.38 bits per heavy atom. The number of aryl methyl sites for hydroxylation is 1. The van der Waals surface area contributed by atoms with Gasteiger partial charge in [-0.2, -0.15) is 0 Å². The van der Waals surface area contributed by atoms with E-state index >= 15 is 0 Å². The van der Waals surface area contributed by atoms with Crippen LogP contribution in [-0.4, -0.2) is 63.5 Å². The molecule has 1 aliphatic heterocycles. The number of nitrogens with one attached hydrogen (secondary N) is 2. The molecule has 206 valence electrons. The number of anilines is 2. The fourth-order valence-corrected chi connectivity index (χ4v) is 6.57. The number of fused-ring (bicyclic) bond motifs is 1. The first-order chi connectivity index (χ1) is 18.4. The van der Waals surface area contributed by atoms with Crippen LogP contribution in [0.25, 0.3) is 10.2 Å². The van der Waals surface area contributed by atoms with Crippen molar-refractivity contribution in [3.63, 3.8) is 0 Å². The van der Waals surface area contributed by atoms with Gasteiger partial charge in [-0.25, -0.2) is 13.4 Å². The van der Waals surface area contributed by atoms with Crippen LogP contribution in [0.4, 0.5) is 10.8 Å². The molecule has 4 aromatic rings. The van der Waals surface area contributed by atoms with E-state index in [2.05, 4.69) is 45.0 Å². The molecule has 0 unspecified atom stereocenters. The van der Waals surface area contributed by atoms with Crippen LogP contribution in [0.15, 0.2) is 77.7 Å². The van der Waals surface area contributed by atoms with Crippen molar-refractivity contribution in [2.24, 2.45) is 0 Å². The lowest BCUT2D eigenvalue weighted by Gasteiger charge is -2.34. The molecule has 1 amide bonds. The molecule has 0 radical (unpaired) electrons. The van der Waals surface area contributed by atoms with Crippen molar-refractivity contribution in [1.82, 2.24) is 15.2 Å². The first-order valence-corrected chi connectivity index (χ1v) is 15.0. The van der Waals surface area contributed by atoms with E-state index < -0.39 is 10.0 Å². The van der Waals surface area contributed by atoms with E-state index in [1.54, 1.807) is 53.8 Å². The van der Waals surface area contributed by atoms with Gasteiger partial charge in [0.1, 0.15) is 0 Å². The van der Waals surface area contributed by atoms with Crippen LogP contribution in [0.2, 0.25) is 0 Å². The van der Waals surface area contributed by atoms with Gasteiger partial charge in [-0.05, 0) is 60.5 Å². The predicted molar refractivity (Wildman–Crippen MR) is 161 cm³/mol. The maximum absolute atomic E-state index is 12.6. The number of rotatable bonds is 9. The summed E-state index contributed by atoms with van der Waals surface area (Å²) in [5, 5.41) is 4.05. The molecule has 0 saturated carbocycles. The highest BCUT2D eigenvalue weighted by Gasteiger charge is 2.20. The van der Waals surface area contributed by atoms with E-state index in [4.69, 9.17) is 4.98 Å². The highest BCUT2D eigenvalue weighted by molar-refractivity contribution is 7.92. The fraction of sp³-hybridized carbons (Fsp3) is 0.286. The molecule has 2 N–H and O–H groups in total. The lowest BCUT2D eigenvalue weighted by Crippen LogP contribution is -2.48. The molecule has 0 spiro atoms. The summed E-state index contributed by atoms with van der Waals surface area (Å²) in [6.45, 7) is 7.14. The topological polar surface area (TPSA) is 94.6 Å². The number of nitrogens with zero attached hydrogens (tertiary/aromatic N) is 3. The first kappa shape index (κ1) is 28.8. The summed E-state index contributed by atoms with van der Waals surface area (Å²) in [5.41, 5.74) is 3.29. The van der Waals surface area contributed by atoms with Gasteiger partial charge in [-0.1, -0.05) is 42.5 Å². The van der Waals surface area contributed by atoms with Gasteiger partial charge in [0.05, 0.1) is 15.1 Å². The largest absolute Gasteiger partial charge is 0.351 e. The second-order valence-electron chi connectivity index (χ2n) is 9.23. The van der Waals surface area contributed by atoms with Gasteiger partial charge in [0, 0.05) is 50.5 Å². The number of hydrogen-bond donors (Lipinski definition) is 2. The van der Waals surface area contributed by atoms with E-state index in [1.807, 2.05) is 0 Å². The summed E-state index contributed by atoms with van der Waals surface area (Å²) < 4.78 is 28.7. The molecule has 1 aromatic heterocycles. The average Bonchev–Trinajstić information content (AvgIpc) is 3.37. The number of carbonyl (C=O) groups excluding carboxylic acids is 1. The number of piperazine rings is 1. The summed E-state index contributed by atoms with van der Waals surface area (Å²) in [4.78, 5) is 22.3. The Bertz CT molecular complexity index is 1500. The minimum atomic E-state index is -3.67. The zero-order valence-electron chi connectivity index (χ0n) is 21.7. The van der Waals surface area contributed by atoms with Crippen molar-refractivity contribution >= 4 is 60.7 Å². The molecular weight excluding hydrogens is 554 g/mol. The smallest absolute Gasteiger partial charge is 0.261 e. The van der Waals surface area contributed by atoms with Crippen LogP contribution in [0.3, 0.4) is 0 Å². The molecule has 39 heavy (non-hydrogen) atoms. The summed E-state index contributed by atoms with van der Waals surface area (Å²) >= 11 is 1.76. The van der Waals surface area contributed by atoms with Crippen LogP contribution < -0.4 is 14.9 Å². The molecular formula is C28H32ClN5O3S2. The predicted octanol–water partition coefficient (Wildman–Crippen LogP) is 4.63. The third-order valence-corrected chi connectivity index (χ3v) is 9.14. The standard InChI is InChI=1S/C28H31N5O3S2.ClH/c1-2-21-8-13-25-26(20-21)37-28(30-25)33-18-16-32(17-19-33)15-14-29-27(34)22-9-11-23(12-10-22)31-38(35,36)24-6-4-3-5-7-24;/h3-13,20,31H,2,14-19H2,1H3,(H,29,34);1H. The van der Waals surface area contributed by atoms with Crippen LogP contribution >= 0.6 is 23.7 Å². The lowest BCUT2D eigenvalue weighted by molar-refractivity contribution is 0.0948. The second-order valence-corrected chi connectivity index (χ2v) is 11.9. The maximum atomic E-state index is 12.6. The number of benzene rings is 3. The van der Waals surface area contributed by atoms with Gasteiger partial charge in [-0.3, -0.25) is 14.4 Å². The highest BCUT2D eigenvalue weighted by Crippen LogP contribution is 2.30. The molecule has 5 rings (SSSR count). The van der Waals surface area contributed by atoms with Crippen LogP contribution in [0, 0.1) is 0 Å². The molecule has 0 bridgehead atoms. The molecule has 2 heterocycles. The quantitative estimate of drug-likeness (QED) is 0.297. The number of thiazole rings is 1.